The van der Waals surface area contributed by atoms with E-state index in [1.807, 2.05) is 18.2 Å². The molecule has 7 heteroatoms. The van der Waals surface area contributed by atoms with Crippen LogP contribution in [0.15, 0.2) is 46.1 Å². The normalized spacial score (nSPS) is 16.0. The molecular formula is C19H27N5O2. The van der Waals surface area contributed by atoms with E-state index in [0.29, 0.717) is 12.3 Å². The monoisotopic (exact) mass is 357 g/mol. The van der Waals surface area contributed by atoms with Crippen molar-refractivity contribution in [1.29, 1.82) is 0 Å². The zero-order valence-corrected chi connectivity index (χ0v) is 15.3. The van der Waals surface area contributed by atoms with Crippen LogP contribution in [0.2, 0.25) is 0 Å². The first-order valence-electron chi connectivity index (χ1n) is 9.17. The molecule has 0 spiro atoms. The van der Waals surface area contributed by atoms with Gasteiger partial charge < -0.3 is 19.8 Å². The molecular weight excluding hydrogens is 330 g/mol. The van der Waals surface area contributed by atoms with Crippen molar-refractivity contribution >= 4 is 5.96 Å². The molecule has 0 aliphatic carbocycles. The summed E-state index contributed by atoms with van der Waals surface area (Å²) in [6.07, 6.45) is 2.43. The van der Waals surface area contributed by atoms with E-state index in [0.717, 1.165) is 62.9 Å². The molecule has 0 radical (unpaired) electrons. The zero-order chi connectivity index (χ0) is 18.2. The molecule has 1 fully saturated rings. The fourth-order valence-electron chi connectivity index (χ4n) is 3.09. The summed E-state index contributed by atoms with van der Waals surface area (Å²) >= 11 is 0. The molecule has 7 nitrogen and oxygen atoms in total. The van der Waals surface area contributed by atoms with Crippen molar-refractivity contribution in [2.75, 3.05) is 39.3 Å². The maximum Gasteiger partial charge on any atom is 0.194 e. The third kappa shape index (κ3) is 5.23. The summed E-state index contributed by atoms with van der Waals surface area (Å²) in [6.45, 7) is 8.30. The number of aromatic nitrogens is 1. The number of benzene rings is 1. The summed E-state index contributed by atoms with van der Waals surface area (Å²) in [4.78, 5) is 9.46. The van der Waals surface area contributed by atoms with Crippen LogP contribution in [0.1, 0.15) is 18.2 Å². The summed E-state index contributed by atoms with van der Waals surface area (Å²) < 4.78 is 4.90. The maximum absolute atomic E-state index is 9.56. The molecule has 0 bridgehead atoms. The Balaban J connectivity index is 1.51. The van der Waals surface area contributed by atoms with E-state index in [9.17, 15) is 5.11 Å². The first-order chi connectivity index (χ1) is 12.7. The van der Waals surface area contributed by atoms with Crippen LogP contribution < -0.4 is 5.32 Å². The quantitative estimate of drug-likeness (QED) is 0.605. The van der Waals surface area contributed by atoms with Crippen LogP contribution in [0.3, 0.4) is 0 Å². The highest BCUT2D eigenvalue weighted by atomic mass is 16.5. The number of piperazine rings is 1. The van der Waals surface area contributed by atoms with E-state index >= 15 is 0 Å². The van der Waals surface area contributed by atoms with Gasteiger partial charge in [-0.05, 0) is 31.0 Å². The lowest BCUT2D eigenvalue weighted by molar-refractivity contribution is 0.169. The lowest BCUT2D eigenvalue weighted by Gasteiger charge is -2.36. The molecule has 0 atom stereocenters. The molecule has 0 unspecified atom stereocenters. The van der Waals surface area contributed by atoms with E-state index in [-0.39, 0.29) is 0 Å². The minimum Gasteiger partial charge on any atom is -0.508 e. The van der Waals surface area contributed by atoms with E-state index in [4.69, 9.17) is 9.52 Å². The number of nitrogens with one attached hydrogen (secondary N) is 1. The molecule has 2 aromatic rings. The number of rotatable bonds is 6. The Bertz CT molecular complexity index is 694. The number of aromatic hydroxyl groups is 1. The fraction of sp³-hybridized carbons (Fsp3) is 0.474. The van der Waals surface area contributed by atoms with Gasteiger partial charge in [-0.25, -0.2) is 0 Å². The lowest BCUT2D eigenvalue weighted by Crippen LogP contribution is -2.52. The van der Waals surface area contributed by atoms with Gasteiger partial charge in [0.2, 0.25) is 0 Å². The third-order valence-electron chi connectivity index (χ3n) is 4.46. The molecule has 0 amide bonds. The molecule has 1 saturated heterocycles. The van der Waals surface area contributed by atoms with Crippen LogP contribution in [0.5, 0.6) is 5.75 Å². The summed E-state index contributed by atoms with van der Waals surface area (Å²) in [5.74, 6) is 1.27. The van der Waals surface area contributed by atoms with Crippen molar-refractivity contribution in [2.24, 2.45) is 4.99 Å². The standard InChI is InChI=1S/C19H27N5O2/c1-2-20-19(21-8-6-16-4-3-5-18(25)14-16)24-11-9-23(10-12-24)15-17-7-13-26-22-17/h3-5,7,13-14,25H,2,6,8-12,15H2,1H3,(H,20,21). The predicted octanol–water partition coefficient (Wildman–Crippen LogP) is 1.71. The first-order valence-corrected chi connectivity index (χ1v) is 9.17. The molecule has 3 rings (SSSR count). The number of phenolic OH excluding ortho intramolecular Hbond substituents is 1. The fourth-order valence-corrected chi connectivity index (χ4v) is 3.09. The molecule has 0 saturated carbocycles. The van der Waals surface area contributed by atoms with E-state index in [2.05, 4.69) is 27.2 Å². The summed E-state index contributed by atoms with van der Waals surface area (Å²) in [7, 11) is 0. The van der Waals surface area contributed by atoms with Crippen molar-refractivity contribution in [3.63, 3.8) is 0 Å². The molecule has 140 valence electrons. The number of aliphatic imine (C=N–C) groups is 1. The highest BCUT2D eigenvalue weighted by molar-refractivity contribution is 5.80. The lowest BCUT2D eigenvalue weighted by atomic mass is 10.1. The van der Waals surface area contributed by atoms with Crippen molar-refractivity contribution in [1.82, 2.24) is 20.3 Å². The Morgan fingerprint density at radius 1 is 1.27 bits per heavy atom. The van der Waals surface area contributed by atoms with Crippen molar-refractivity contribution < 1.29 is 9.63 Å². The van der Waals surface area contributed by atoms with Crippen molar-refractivity contribution in [3.05, 3.63) is 47.9 Å². The third-order valence-corrected chi connectivity index (χ3v) is 4.46. The number of hydrogen-bond acceptors (Lipinski definition) is 5. The minimum absolute atomic E-state index is 0.307. The van der Waals surface area contributed by atoms with Gasteiger partial charge >= 0.3 is 0 Å². The van der Waals surface area contributed by atoms with Gasteiger partial charge in [0, 0.05) is 51.9 Å². The van der Waals surface area contributed by atoms with Crippen LogP contribution in [0.4, 0.5) is 0 Å². The average molecular weight is 357 g/mol. The second kappa shape index (κ2) is 9.24. The van der Waals surface area contributed by atoms with Crippen LogP contribution in [0.25, 0.3) is 0 Å². The van der Waals surface area contributed by atoms with Gasteiger partial charge in [0.1, 0.15) is 12.0 Å². The highest BCUT2D eigenvalue weighted by Gasteiger charge is 2.20. The molecule has 1 aliphatic rings. The molecule has 1 aromatic carbocycles. The maximum atomic E-state index is 9.56. The second-order valence-corrected chi connectivity index (χ2v) is 6.41. The predicted molar refractivity (Wildman–Crippen MR) is 101 cm³/mol. The van der Waals surface area contributed by atoms with Crippen LogP contribution in [0, 0.1) is 0 Å². The van der Waals surface area contributed by atoms with Crippen molar-refractivity contribution in [2.45, 2.75) is 19.9 Å². The average Bonchev–Trinajstić information content (AvgIpc) is 3.15. The molecule has 2 N–H and O–H groups in total. The number of hydrogen-bond donors (Lipinski definition) is 2. The SMILES string of the molecule is CCNC(=NCCc1cccc(O)c1)N1CCN(Cc2ccon2)CC1. The Hall–Kier alpha value is -2.54. The zero-order valence-electron chi connectivity index (χ0n) is 15.3. The number of phenols is 1. The smallest absolute Gasteiger partial charge is 0.194 e. The van der Waals surface area contributed by atoms with E-state index in [1.165, 1.54) is 0 Å². The molecule has 1 aliphatic heterocycles. The Labute approximate surface area is 154 Å². The van der Waals surface area contributed by atoms with E-state index in [1.54, 1.807) is 18.4 Å². The highest BCUT2D eigenvalue weighted by Crippen LogP contribution is 2.12. The van der Waals surface area contributed by atoms with Gasteiger partial charge in [-0.1, -0.05) is 17.3 Å². The van der Waals surface area contributed by atoms with Crippen molar-refractivity contribution in [3.8, 4) is 5.75 Å². The van der Waals surface area contributed by atoms with E-state index < -0.39 is 0 Å². The van der Waals surface area contributed by atoms with Gasteiger partial charge in [0.15, 0.2) is 5.96 Å². The van der Waals surface area contributed by atoms with Crippen LogP contribution in [-0.4, -0.2) is 65.3 Å². The Kier molecular flexibility index (Phi) is 6.49. The van der Waals surface area contributed by atoms with Gasteiger partial charge in [0.25, 0.3) is 0 Å². The van der Waals surface area contributed by atoms with Crippen LogP contribution >= 0.6 is 0 Å². The Morgan fingerprint density at radius 3 is 2.81 bits per heavy atom. The van der Waals surface area contributed by atoms with Gasteiger partial charge in [-0.3, -0.25) is 9.89 Å². The topological polar surface area (TPSA) is 77.1 Å². The first kappa shape index (κ1) is 18.3. The number of guanidine groups is 1. The molecule has 1 aromatic heterocycles. The second-order valence-electron chi connectivity index (χ2n) is 6.41. The molecule has 26 heavy (non-hydrogen) atoms. The van der Waals surface area contributed by atoms with Gasteiger partial charge in [-0.15, -0.1) is 0 Å². The van der Waals surface area contributed by atoms with Gasteiger partial charge in [0.05, 0.1) is 5.69 Å². The largest absolute Gasteiger partial charge is 0.508 e. The summed E-state index contributed by atoms with van der Waals surface area (Å²) in [5, 5.41) is 16.9. The van der Waals surface area contributed by atoms with Crippen LogP contribution in [-0.2, 0) is 13.0 Å². The summed E-state index contributed by atoms with van der Waals surface area (Å²) in [5.41, 5.74) is 2.08. The molecule has 2 heterocycles. The van der Waals surface area contributed by atoms with Gasteiger partial charge in [-0.2, -0.15) is 0 Å². The Morgan fingerprint density at radius 2 is 2.12 bits per heavy atom. The number of nitrogens with zero attached hydrogens (tertiary/aromatic N) is 4. The minimum atomic E-state index is 0.307. The summed E-state index contributed by atoms with van der Waals surface area (Å²) in [6, 6.07) is 9.29.